The number of nitrogens with zero attached hydrogens (tertiary/aromatic N) is 4. The molecule has 3 heterocycles. The highest BCUT2D eigenvalue weighted by molar-refractivity contribution is 6.01. The van der Waals surface area contributed by atoms with Gasteiger partial charge in [0.25, 0.3) is 5.91 Å². The van der Waals surface area contributed by atoms with Gasteiger partial charge in [0, 0.05) is 24.0 Å². The zero-order chi connectivity index (χ0) is 16.0. The first kappa shape index (κ1) is 15.0. The van der Waals surface area contributed by atoms with Crippen LogP contribution in [0.1, 0.15) is 54.1 Å². The Morgan fingerprint density at radius 3 is 2.73 bits per heavy atom. The molecule has 1 saturated heterocycles. The van der Waals surface area contributed by atoms with Gasteiger partial charge in [-0.15, -0.1) is 0 Å². The highest BCUT2D eigenvalue weighted by atomic mass is 16.2. The Morgan fingerprint density at radius 2 is 2.05 bits per heavy atom. The summed E-state index contributed by atoms with van der Waals surface area (Å²) in [5.41, 5.74) is 4.04. The van der Waals surface area contributed by atoms with Gasteiger partial charge in [0.1, 0.15) is 5.56 Å². The van der Waals surface area contributed by atoms with Crippen LogP contribution in [0.4, 0.5) is 0 Å². The second kappa shape index (κ2) is 5.38. The number of hydrogen-bond donors (Lipinski definition) is 0. The molecule has 0 saturated carbocycles. The van der Waals surface area contributed by atoms with Crippen molar-refractivity contribution in [1.29, 1.82) is 0 Å². The van der Waals surface area contributed by atoms with Crippen LogP contribution in [0.25, 0.3) is 5.65 Å². The Kier molecular flexibility index (Phi) is 3.67. The van der Waals surface area contributed by atoms with Gasteiger partial charge in [-0.2, -0.15) is 5.10 Å². The molecule has 2 aromatic rings. The van der Waals surface area contributed by atoms with Gasteiger partial charge in [0.2, 0.25) is 0 Å². The van der Waals surface area contributed by atoms with E-state index in [1.807, 2.05) is 31.7 Å². The number of hydrogen-bond acceptors (Lipinski definition) is 3. The number of aryl methyl sites for hydroxylation is 3. The van der Waals surface area contributed by atoms with Crippen molar-refractivity contribution in [2.75, 3.05) is 6.54 Å². The van der Waals surface area contributed by atoms with Crippen LogP contribution in [0.3, 0.4) is 0 Å². The number of aromatic nitrogens is 3. The topological polar surface area (TPSA) is 50.5 Å². The van der Waals surface area contributed by atoms with E-state index in [0.717, 1.165) is 36.5 Å². The maximum absolute atomic E-state index is 13.1. The molecule has 0 N–H and O–H groups in total. The molecule has 5 heteroatoms. The quantitative estimate of drug-likeness (QED) is 0.857. The Morgan fingerprint density at radius 1 is 1.32 bits per heavy atom. The zero-order valence-electron chi connectivity index (χ0n) is 14.1. The number of rotatable bonds is 2. The van der Waals surface area contributed by atoms with E-state index in [1.54, 1.807) is 4.52 Å². The van der Waals surface area contributed by atoms with Gasteiger partial charge in [-0.1, -0.05) is 13.8 Å². The van der Waals surface area contributed by atoms with Crippen LogP contribution in [0, 0.1) is 26.7 Å². The third-order valence-electron chi connectivity index (χ3n) is 4.61. The smallest absolute Gasteiger partial charge is 0.259 e. The normalized spacial score (nSPS) is 18.6. The third kappa shape index (κ3) is 2.28. The van der Waals surface area contributed by atoms with Crippen molar-refractivity contribution in [3.8, 4) is 0 Å². The van der Waals surface area contributed by atoms with Crippen LogP contribution in [-0.4, -0.2) is 38.0 Å². The van der Waals surface area contributed by atoms with Crippen LogP contribution in [-0.2, 0) is 0 Å². The average molecular weight is 300 g/mol. The highest BCUT2D eigenvalue weighted by Gasteiger charge is 2.34. The monoisotopic (exact) mass is 300 g/mol. The van der Waals surface area contributed by atoms with E-state index in [-0.39, 0.29) is 5.91 Å². The lowest BCUT2D eigenvalue weighted by atomic mass is 10.0. The molecule has 1 atom stereocenters. The number of amides is 1. The molecule has 2 aromatic heterocycles. The minimum Gasteiger partial charge on any atom is -0.335 e. The van der Waals surface area contributed by atoms with Crippen molar-refractivity contribution in [3.05, 3.63) is 28.7 Å². The lowest BCUT2D eigenvalue weighted by Gasteiger charge is -2.27. The Balaban J connectivity index is 2.10. The third-order valence-corrected chi connectivity index (χ3v) is 4.61. The predicted octanol–water partition coefficient (Wildman–Crippen LogP) is 2.92. The van der Waals surface area contributed by atoms with E-state index < -0.39 is 0 Å². The first-order valence-corrected chi connectivity index (χ1v) is 8.04. The summed E-state index contributed by atoms with van der Waals surface area (Å²) in [5, 5.41) is 4.52. The van der Waals surface area contributed by atoms with Gasteiger partial charge >= 0.3 is 0 Å². The van der Waals surface area contributed by atoms with E-state index in [1.165, 1.54) is 0 Å². The van der Waals surface area contributed by atoms with Crippen molar-refractivity contribution in [2.45, 2.75) is 53.5 Å². The first-order chi connectivity index (χ1) is 10.4. The summed E-state index contributed by atoms with van der Waals surface area (Å²) in [5.74, 6) is 0.561. The fourth-order valence-corrected chi connectivity index (χ4v) is 3.56. The van der Waals surface area contributed by atoms with E-state index in [0.29, 0.717) is 23.2 Å². The summed E-state index contributed by atoms with van der Waals surface area (Å²) in [6, 6.07) is 2.31. The predicted molar refractivity (Wildman–Crippen MR) is 86.1 cm³/mol. The summed E-state index contributed by atoms with van der Waals surface area (Å²) in [6.07, 6.45) is 2.17. The summed E-state index contributed by atoms with van der Waals surface area (Å²) in [4.78, 5) is 19.7. The number of carbonyl (C=O) groups is 1. The molecule has 1 aliphatic rings. The molecule has 5 nitrogen and oxygen atoms in total. The zero-order valence-corrected chi connectivity index (χ0v) is 14.1. The molecule has 0 bridgehead atoms. The van der Waals surface area contributed by atoms with Crippen molar-refractivity contribution in [1.82, 2.24) is 19.5 Å². The first-order valence-electron chi connectivity index (χ1n) is 8.04. The molecule has 3 rings (SSSR count). The summed E-state index contributed by atoms with van der Waals surface area (Å²) < 4.78 is 1.79. The lowest BCUT2D eigenvalue weighted by molar-refractivity contribution is 0.0702. The maximum Gasteiger partial charge on any atom is 0.259 e. The van der Waals surface area contributed by atoms with Crippen LogP contribution >= 0.6 is 0 Å². The molecule has 1 fully saturated rings. The summed E-state index contributed by atoms with van der Waals surface area (Å²) in [7, 11) is 0. The molecule has 0 radical (unpaired) electrons. The number of likely N-dealkylation sites (tertiary alicyclic amines) is 1. The highest BCUT2D eigenvalue weighted by Crippen LogP contribution is 2.27. The second-order valence-corrected chi connectivity index (χ2v) is 6.69. The fraction of sp³-hybridized carbons (Fsp3) is 0.588. The van der Waals surface area contributed by atoms with Crippen molar-refractivity contribution in [2.24, 2.45) is 5.92 Å². The maximum atomic E-state index is 13.1. The molecule has 0 aliphatic carbocycles. The molecule has 1 unspecified atom stereocenters. The van der Waals surface area contributed by atoms with Gasteiger partial charge in [0.15, 0.2) is 5.65 Å². The van der Waals surface area contributed by atoms with Gasteiger partial charge < -0.3 is 4.90 Å². The minimum absolute atomic E-state index is 0.0844. The number of carbonyl (C=O) groups excluding carboxylic acids is 1. The molecule has 118 valence electrons. The van der Waals surface area contributed by atoms with Gasteiger partial charge in [-0.25, -0.2) is 9.50 Å². The standard InChI is InChI=1S/C17H24N4O/c1-10(2)14-7-6-8-20(14)17(22)15-13(5)19-21-12(4)9-11(3)18-16(15)21/h9-10,14H,6-8H2,1-5H3. The van der Waals surface area contributed by atoms with Crippen LogP contribution in [0.5, 0.6) is 0 Å². The molecular formula is C17H24N4O. The summed E-state index contributed by atoms with van der Waals surface area (Å²) >= 11 is 0. The second-order valence-electron chi connectivity index (χ2n) is 6.69. The van der Waals surface area contributed by atoms with E-state index in [2.05, 4.69) is 23.9 Å². The fourth-order valence-electron chi connectivity index (χ4n) is 3.56. The Hall–Kier alpha value is -1.91. The van der Waals surface area contributed by atoms with Crippen LogP contribution < -0.4 is 0 Å². The SMILES string of the molecule is Cc1cc(C)n2nc(C)c(C(=O)N3CCCC3C(C)C)c2n1. The van der Waals surface area contributed by atoms with E-state index in [4.69, 9.17) is 0 Å². The Bertz CT molecular complexity index is 732. The molecule has 1 amide bonds. The summed E-state index contributed by atoms with van der Waals surface area (Å²) in [6.45, 7) is 11.1. The molecule has 0 spiro atoms. The van der Waals surface area contributed by atoms with Crippen molar-refractivity contribution < 1.29 is 4.79 Å². The molecular weight excluding hydrogens is 276 g/mol. The average Bonchev–Trinajstić information content (AvgIpc) is 3.02. The van der Waals surface area contributed by atoms with Gasteiger partial charge in [-0.05, 0) is 45.6 Å². The Labute approximate surface area is 131 Å². The molecule has 1 aliphatic heterocycles. The van der Waals surface area contributed by atoms with Crippen molar-refractivity contribution in [3.63, 3.8) is 0 Å². The van der Waals surface area contributed by atoms with Crippen LogP contribution in [0.2, 0.25) is 0 Å². The van der Waals surface area contributed by atoms with E-state index in [9.17, 15) is 4.79 Å². The minimum atomic E-state index is 0.0844. The molecule has 0 aromatic carbocycles. The van der Waals surface area contributed by atoms with Gasteiger partial charge in [0.05, 0.1) is 5.69 Å². The van der Waals surface area contributed by atoms with Crippen molar-refractivity contribution >= 4 is 11.6 Å². The van der Waals surface area contributed by atoms with Gasteiger partial charge in [-0.3, -0.25) is 4.79 Å². The molecule has 22 heavy (non-hydrogen) atoms. The largest absolute Gasteiger partial charge is 0.335 e. The number of fused-ring (bicyclic) bond motifs is 1. The van der Waals surface area contributed by atoms with E-state index >= 15 is 0 Å². The lowest BCUT2D eigenvalue weighted by Crippen LogP contribution is -2.38. The van der Waals surface area contributed by atoms with Crippen LogP contribution in [0.15, 0.2) is 6.07 Å².